The molecule has 0 bridgehead atoms. The van der Waals surface area contributed by atoms with Crippen molar-refractivity contribution in [1.29, 1.82) is 0 Å². The smallest absolute Gasteiger partial charge is 0.0288 e. The Morgan fingerprint density at radius 2 is 1.04 bits per heavy atom. The zero-order valence-corrected chi connectivity index (χ0v) is 19.0. The van der Waals surface area contributed by atoms with Gasteiger partial charge in [0.2, 0.25) is 0 Å². The highest BCUT2D eigenvalue weighted by Gasteiger charge is 1.99. The van der Waals surface area contributed by atoms with E-state index in [2.05, 4.69) is 72.8 Å². The van der Waals surface area contributed by atoms with E-state index in [0.29, 0.717) is 0 Å². The van der Waals surface area contributed by atoms with Gasteiger partial charge in [0.25, 0.3) is 0 Å². The van der Waals surface area contributed by atoms with E-state index >= 15 is 0 Å². The lowest BCUT2D eigenvalue weighted by molar-refractivity contribution is 0.490. The Morgan fingerprint density at radius 3 is 1.46 bits per heavy atom. The minimum atomic E-state index is 0.879. The summed E-state index contributed by atoms with van der Waals surface area (Å²) in [6.07, 6.45) is 22.2. The third-order valence-electron chi connectivity index (χ3n) is 5.09. The Morgan fingerprint density at radius 1 is 0.615 bits per heavy atom. The molecular formula is C26H46. The van der Waals surface area contributed by atoms with Crippen LogP contribution in [0.1, 0.15) is 113 Å². The van der Waals surface area contributed by atoms with Crippen LogP contribution in [-0.4, -0.2) is 0 Å². The molecule has 0 fully saturated rings. The van der Waals surface area contributed by atoms with Crippen molar-refractivity contribution in [3.8, 4) is 0 Å². The molecule has 0 heterocycles. The van der Waals surface area contributed by atoms with Crippen molar-refractivity contribution in [2.75, 3.05) is 0 Å². The van der Waals surface area contributed by atoms with E-state index in [0.717, 1.165) is 5.92 Å². The van der Waals surface area contributed by atoms with E-state index in [-0.39, 0.29) is 0 Å². The zero-order valence-electron chi connectivity index (χ0n) is 19.0. The standard InChI is InChI=1S/C26H46/c1-8-13-23(4)16-10-17-25(6)20-12-21-26(7)19-11-18-24(5)15-9-14-22(2)3/h14,17-18,21,23H,8-13,15-16,19-20H2,1-7H3/b24-18+,25-17-,26-21+/t23-/m1/s1. The SMILES string of the molecule is CCC[C@@H](C)CC/C=C(/C)CC/C=C(\C)CC/C=C(\C)CCC=C(C)C. The first kappa shape index (κ1) is 25.0. The summed E-state index contributed by atoms with van der Waals surface area (Å²) in [7, 11) is 0. The minimum absolute atomic E-state index is 0.879. The average Bonchev–Trinajstić information content (AvgIpc) is 2.54. The highest BCUT2D eigenvalue weighted by molar-refractivity contribution is 5.07. The predicted octanol–water partition coefficient (Wildman–Crippen LogP) is 9.35. The van der Waals surface area contributed by atoms with Crippen LogP contribution in [0.4, 0.5) is 0 Å². The van der Waals surface area contributed by atoms with E-state index in [9.17, 15) is 0 Å². The fourth-order valence-electron chi connectivity index (χ4n) is 3.24. The van der Waals surface area contributed by atoms with Gasteiger partial charge < -0.3 is 0 Å². The first-order valence-corrected chi connectivity index (χ1v) is 10.9. The van der Waals surface area contributed by atoms with Gasteiger partial charge in [-0.25, -0.2) is 0 Å². The van der Waals surface area contributed by atoms with Gasteiger partial charge in [-0.2, -0.15) is 0 Å². The van der Waals surface area contributed by atoms with Gasteiger partial charge in [-0.3, -0.25) is 0 Å². The van der Waals surface area contributed by atoms with Gasteiger partial charge >= 0.3 is 0 Å². The fourth-order valence-corrected chi connectivity index (χ4v) is 3.24. The van der Waals surface area contributed by atoms with E-state index in [4.69, 9.17) is 0 Å². The first-order valence-electron chi connectivity index (χ1n) is 10.9. The predicted molar refractivity (Wildman–Crippen MR) is 122 cm³/mol. The Labute approximate surface area is 165 Å². The van der Waals surface area contributed by atoms with Crippen molar-refractivity contribution in [2.24, 2.45) is 5.92 Å². The van der Waals surface area contributed by atoms with Crippen LogP contribution in [0.3, 0.4) is 0 Å². The molecule has 0 aliphatic heterocycles. The molecule has 0 nitrogen and oxygen atoms in total. The van der Waals surface area contributed by atoms with Crippen LogP contribution in [0.25, 0.3) is 0 Å². The molecule has 0 amide bonds. The van der Waals surface area contributed by atoms with Crippen LogP contribution >= 0.6 is 0 Å². The highest BCUT2D eigenvalue weighted by atomic mass is 14.0. The van der Waals surface area contributed by atoms with Crippen LogP contribution in [0.2, 0.25) is 0 Å². The Hall–Kier alpha value is -1.04. The summed E-state index contributed by atoms with van der Waals surface area (Å²) in [5, 5.41) is 0. The summed E-state index contributed by atoms with van der Waals surface area (Å²) in [5.41, 5.74) is 6.07. The van der Waals surface area contributed by atoms with Crippen LogP contribution in [0, 0.1) is 5.92 Å². The minimum Gasteiger partial charge on any atom is -0.0856 e. The third kappa shape index (κ3) is 16.4. The number of allylic oxidation sites excluding steroid dienone is 8. The average molecular weight is 359 g/mol. The summed E-state index contributed by atoms with van der Waals surface area (Å²) in [5.74, 6) is 0.879. The summed E-state index contributed by atoms with van der Waals surface area (Å²) in [4.78, 5) is 0. The van der Waals surface area contributed by atoms with Crippen LogP contribution < -0.4 is 0 Å². The van der Waals surface area contributed by atoms with Crippen molar-refractivity contribution in [1.82, 2.24) is 0 Å². The lowest BCUT2D eigenvalue weighted by atomic mass is 9.99. The van der Waals surface area contributed by atoms with Crippen molar-refractivity contribution in [2.45, 2.75) is 113 Å². The summed E-state index contributed by atoms with van der Waals surface area (Å²) in [6.45, 7) is 15.9. The number of hydrogen-bond donors (Lipinski definition) is 0. The van der Waals surface area contributed by atoms with E-state index < -0.39 is 0 Å². The van der Waals surface area contributed by atoms with Gasteiger partial charge in [-0.15, -0.1) is 0 Å². The molecule has 0 saturated heterocycles. The largest absolute Gasteiger partial charge is 0.0856 e. The molecule has 0 saturated carbocycles. The van der Waals surface area contributed by atoms with E-state index in [1.165, 1.54) is 75.4 Å². The van der Waals surface area contributed by atoms with Crippen LogP contribution in [0.5, 0.6) is 0 Å². The second-order valence-electron chi connectivity index (χ2n) is 8.52. The van der Waals surface area contributed by atoms with E-state index in [1.807, 2.05) is 0 Å². The maximum absolute atomic E-state index is 2.47. The molecule has 26 heavy (non-hydrogen) atoms. The maximum atomic E-state index is 2.47. The molecule has 0 aromatic carbocycles. The van der Waals surface area contributed by atoms with Gasteiger partial charge in [0.05, 0.1) is 0 Å². The zero-order chi connectivity index (χ0) is 19.8. The highest BCUT2D eigenvalue weighted by Crippen LogP contribution is 2.16. The quantitative estimate of drug-likeness (QED) is 0.271. The molecule has 0 aromatic rings. The molecule has 0 radical (unpaired) electrons. The summed E-state index contributed by atoms with van der Waals surface area (Å²) in [6, 6.07) is 0. The molecule has 0 unspecified atom stereocenters. The molecular weight excluding hydrogens is 312 g/mol. The number of hydrogen-bond acceptors (Lipinski definition) is 0. The molecule has 0 rings (SSSR count). The maximum Gasteiger partial charge on any atom is -0.0288 e. The van der Waals surface area contributed by atoms with Gasteiger partial charge in [0.1, 0.15) is 0 Å². The molecule has 0 N–H and O–H groups in total. The second-order valence-corrected chi connectivity index (χ2v) is 8.52. The second kappa shape index (κ2) is 16.2. The lowest BCUT2D eigenvalue weighted by Crippen LogP contribution is -1.92. The van der Waals surface area contributed by atoms with Crippen molar-refractivity contribution >= 4 is 0 Å². The van der Waals surface area contributed by atoms with Gasteiger partial charge in [-0.1, -0.05) is 73.3 Å². The molecule has 0 aromatic heterocycles. The van der Waals surface area contributed by atoms with Gasteiger partial charge in [0.15, 0.2) is 0 Å². The Kier molecular flexibility index (Phi) is 15.5. The topological polar surface area (TPSA) is 0 Å². The molecule has 1 atom stereocenters. The normalized spacial score (nSPS) is 14.5. The van der Waals surface area contributed by atoms with Gasteiger partial charge in [-0.05, 0) is 91.9 Å². The van der Waals surface area contributed by atoms with Crippen LogP contribution in [-0.2, 0) is 0 Å². The van der Waals surface area contributed by atoms with Crippen molar-refractivity contribution in [3.63, 3.8) is 0 Å². The van der Waals surface area contributed by atoms with Crippen molar-refractivity contribution < 1.29 is 0 Å². The lowest BCUT2D eigenvalue weighted by Gasteiger charge is -2.08. The molecule has 0 spiro atoms. The third-order valence-corrected chi connectivity index (χ3v) is 5.09. The Bertz CT molecular complexity index is 466. The van der Waals surface area contributed by atoms with Crippen molar-refractivity contribution in [3.05, 3.63) is 46.6 Å². The first-order chi connectivity index (χ1) is 12.3. The van der Waals surface area contributed by atoms with E-state index in [1.54, 1.807) is 11.1 Å². The van der Waals surface area contributed by atoms with Gasteiger partial charge in [0, 0.05) is 0 Å². The summed E-state index contributed by atoms with van der Waals surface area (Å²) >= 11 is 0. The monoisotopic (exact) mass is 358 g/mol. The fraction of sp³-hybridized carbons (Fsp3) is 0.692. The summed E-state index contributed by atoms with van der Waals surface area (Å²) < 4.78 is 0. The molecule has 150 valence electrons. The Balaban J connectivity index is 3.97. The molecule has 0 aliphatic carbocycles. The van der Waals surface area contributed by atoms with Crippen LogP contribution in [0.15, 0.2) is 46.6 Å². The number of rotatable bonds is 14. The molecule has 0 heteroatoms. The molecule has 0 aliphatic rings.